The first kappa shape index (κ1) is 21.8. The quantitative estimate of drug-likeness (QED) is 0.583. The minimum Gasteiger partial charge on any atom is -0.493 e. The first-order chi connectivity index (χ1) is 14.8. The number of carbonyl (C=O) groups is 4. The van der Waals surface area contributed by atoms with Gasteiger partial charge in [0, 0.05) is 19.4 Å². The highest BCUT2D eigenvalue weighted by atomic mass is 16.5. The van der Waals surface area contributed by atoms with Crippen molar-refractivity contribution in [3.8, 4) is 11.5 Å². The summed E-state index contributed by atoms with van der Waals surface area (Å²) in [4.78, 5) is 49.7. The van der Waals surface area contributed by atoms with Crippen molar-refractivity contribution < 1.29 is 33.8 Å². The van der Waals surface area contributed by atoms with E-state index in [9.17, 15) is 24.3 Å². The lowest BCUT2D eigenvalue weighted by Gasteiger charge is -2.17. The molecule has 1 aliphatic rings. The number of rotatable bonds is 9. The van der Waals surface area contributed by atoms with Crippen LogP contribution in [0.3, 0.4) is 0 Å². The van der Waals surface area contributed by atoms with Gasteiger partial charge in [-0.15, -0.1) is 0 Å². The fourth-order valence-corrected chi connectivity index (χ4v) is 3.37. The predicted octanol–water partition coefficient (Wildman–Crippen LogP) is 1.50. The minimum absolute atomic E-state index is 0.0223. The summed E-state index contributed by atoms with van der Waals surface area (Å²) in [6.45, 7) is -0.138. The number of methoxy groups -OCH3 is 2. The number of carboxylic acids is 1. The molecule has 0 aromatic heterocycles. The van der Waals surface area contributed by atoms with Crippen LogP contribution in [0.1, 0.15) is 32.7 Å². The first-order valence-electron chi connectivity index (χ1n) is 9.54. The maximum Gasteiger partial charge on any atom is 0.326 e. The molecule has 1 aliphatic heterocycles. The van der Waals surface area contributed by atoms with E-state index in [2.05, 4.69) is 5.32 Å². The third-order valence-electron chi connectivity index (χ3n) is 4.96. The van der Waals surface area contributed by atoms with Gasteiger partial charge in [0.15, 0.2) is 11.5 Å². The van der Waals surface area contributed by atoms with E-state index < -0.39 is 29.7 Å². The zero-order valence-electron chi connectivity index (χ0n) is 17.1. The smallest absolute Gasteiger partial charge is 0.326 e. The Hall–Kier alpha value is -3.88. The number of imide groups is 1. The molecule has 0 saturated carbocycles. The van der Waals surface area contributed by atoms with Gasteiger partial charge in [-0.2, -0.15) is 0 Å². The number of nitrogens with zero attached hydrogens (tertiary/aromatic N) is 1. The number of ether oxygens (including phenoxy) is 2. The van der Waals surface area contributed by atoms with E-state index in [1.807, 2.05) is 0 Å². The van der Waals surface area contributed by atoms with Crippen molar-refractivity contribution in [1.82, 2.24) is 10.2 Å². The Balaban J connectivity index is 1.61. The van der Waals surface area contributed by atoms with Crippen molar-refractivity contribution in [2.45, 2.75) is 18.9 Å². The van der Waals surface area contributed by atoms with E-state index in [4.69, 9.17) is 9.47 Å². The molecule has 9 heteroatoms. The topological polar surface area (TPSA) is 122 Å². The number of nitrogens with one attached hydrogen (secondary N) is 1. The van der Waals surface area contributed by atoms with Gasteiger partial charge >= 0.3 is 5.97 Å². The molecule has 162 valence electrons. The van der Waals surface area contributed by atoms with Crippen LogP contribution in [0.15, 0.2) is 42.5 Å². The van der Waals surface area contributed by atoms with E-state index in [0.29, 0.717) is 28.2 Å². The van der Waals surface area contributed by atoms with Gasteiger partial charge in [-0.1, -0.05) is 18.2 Å². The number of amides is 3. The maximum absolute atomic E-state index is 12.4. The summed E-state index contributed by atoms with van der Waals surface area (Å²) in [6, 6.07) is 10.2. The van der Waals surface area contributed by atoms with Crippen molar-refractivity contribution in [2.75, 3.05) is 20.8 Å². The van der Waals surface area contributed by atoms with Crippen LogP contribution in [-0.2, 0) is 16.0 Å². The van der Waals surface area contributed by atoms with Gasteiger partial charge in [0.1, 0.15) is 6.04 Å². The molecule has 0 saturated heterocycles. The molecule has 0 aliphatic carbocycles. The molecular weight excluding hydrogens is 404 g/mol. The van der Waals surface area contributed by atoms with E-state index in [1.54, 1.807) is 42.5 Å². The summed E-state index contributed by atoms with van der Waals surface area (Å²) in [7, 11) is 2.96. The summed E-state index contributed by atoms with van der Waals surface area (Å²) in [5, 5.41) is 11.9. The third-order valence-corrected chi connectivity index (χ3v) is 4.96. The molecule has 1 heterocycles. The van der Waals surface area contributed by atoms with Crippen molar-refractivity contribution in [2.24, 2.45) is 0 Å². The molecule has 1 unspecified atom stereocenters. The Kier molecular flexibility index (Phi) is 6.54. The van der Waals surface area contributed by atoms with Crippen molar-refractivity contribution in [1.29, 1.82) is 0 Å². The van der Waals surface area contributed by atoms with Gasteiger partial charge in [-0.05, 0) is 29.8 Å². The van der Waals surface area contributed by atoms with Crippen LogP contribution in [0, 0.1) is 0 Å². The van der Waals surface area contributed by atoms with E-state index in [0.717, 1.165) is 4.90 Å². The van der Waals surface area contributed by atoms with Gasteiger partial charge in [0.05, 0.1) is 25.3 Å². The lowest BCUT2D eigenvalue weighted by molar-refractivity contribution is -0.141. The highest BCUT2D eigenvalue weighted by Crippen LogP contribution is 2.28. The van der Waals surface area contributed by atoms with Gasteiger partial charge < -0.3 is 19.9 Å². The SMILES string of the molecule is COc1ccc(CC(NC(=O)CCN2C(=O)c3ccccc3C2=O)C(=O)O)cc1OC. The number of carbonyl (C=O) groups excluding carboxylic acids is 3. The van der Waals surface area contributed by atoms with Gasteiger partial charge in [0.2, 0.25) is 5.91 Å². The van der Waals surface area contributed by atoms with Crippen LogP contribution < -0.4 is 14.8 Å². The number of fused-ring (bicyclic) bond motifs is 1. The Labute approximate surface area is 178 Å². The predicted molar refractivity (Wildman–Crippen MR) is 109 cm³/mol. The lowest BCUT2D eigenvalue weighted by Crippen LogP contribution is -2.43. The Bertz CT molecular complexity index is 999. The lowest BCUT2D eigenvalue weighted by atomic mass is 10.0. The van der Waals surface area contributed by atoms with Gasteiger partial charge in [-0.3, -0.25) is 19.3 Å². The monoisotopic (exact) mass is 426 g/mol. The molecule has 3 amide bonds. The van der Waals surface area contributed by atoms with Crippen LogP contribution in [0.25, 0.3) is 0 Å². The van der Waals surface area contributed by atoms with Crippen LogP contribution in [0.2, 0.25) is 0 Å². The fourth-order valence-electron chi connectivity index (χ4n) is 3.37. The number of carboxylic acid groups (broad SMARTS) is 1. The second-order valence-corrected chi connectivity index (χ2v) is 6.91. The van der Waals surface area contributed by atoms with E-state index in [-0.39, 0.29) is 19.4 Å². The second-order valence-electron chi connectivity index (χ2n) is 6.91. The normalized spacial score (nSPS) is 13.5. The number of benzene rings is 2. The summed E-state index contributed by atoms with van der Waals surface area (Å²) >= 11 is 0. The number of hydrogen-bond acceptors (Lipinski definition) is 6. The van der Waals surface area contributed by atoms with Crippen molar-refractivity contribution in [3.63, 3.8) is 0 Å². The molecule has 1 atom stereocenters. The van der Waals surface area contributed by atoms with Crippen molar-refractivity contribution >= 4 is 23.7 Å². The van der Waals surface area contributed by atoms with Crippen LogP contribution in [0.4, 0.5) is 0 Å². The van der Waals surface area contributed by atoms with E-state index in [1.165, 1.54) is 14.2 Å². The molecule has 31 heavy (non-hydrogen) atoms. The average molecular weight is 426 g/mol. The Morgan fingerprint density at radius 3 is 2.16 bits per heavy atom. The molecule has 3 rings (SSSR count). The summed E-state index contributed by atoms with van der Waals surface area (Å²) in [5.41, 5.74) is 1.22. The number of hydrogen-bond donors (Lipinski definition) is 2. The molecule has 9 nitrogen and oxygen atoms in total. The van der Waals surface area contributed by atoms with Gasteiger partial charge in [-0.25, -0.2) is 4.79 Å². The van der Waals surface area contributed by atoms with Crippen LogP contribution in [0.5, 0.6) is 11.5 Å². The summed E-state index contributed by atoms with van der Waals surface area (Å²) in [6.07, 6.45) is -0.185. The largest absolute Gasteiger partial charge is 0.493 e. The van der Waals surface area contributed by atoms with Crippen molar-refractivity contribution in [3.05, 3.63) is 59.2 Å². The molecule has 2 N–H and O–H groups in total. The van der Waals surface area contributed by atoms with Crippen LogP contribution >= 0.6 is 0 Å². The zero-order valence-corrected chi connectivity index (χ0v) is 17.1. The molecular formula is C22H22N2O7. The number of aliphatic carboxylic acids is 1. The highest BCUT2D eigenvalue weighted by Gasteiger charge is 2.35. The third kappa shape index (κ3) is 4.66. The maximum atomic E-state index is 12.4. The zero-order chi connectivity index (χ0) is 22.5. The summed E-state index contributed by atoms with van der Waals surface area (Å²) < 4.78 is 10.4. The van der Waals surface area contributed by atoms with E-state index >= 15 is 0 Å². The average Bonchev–Trinajstić information content (AvgIpc) is 3.01. The highest BCUT2D eigenvalue weighted by molar-refractivity contribution is 6.21. The Morgan fingerprint density at radius 2 is 1.61 bits per heavy atom. The summed E-state index contributed by atoms with van der Waals surface area (Å²) in [5.74, 6) is -1.76. The minimum atomic E-state index is -1.20. The fraction of sp³-hybridized carbons (Fsp3) is 0.273. The molecule has 0 fully saturated rings. The molecule has 0 bridgehead atoms. The molecule has 0 spiro atoms. The second kappa shape index (κ2) is 9.29. The molecule has 0 radical (unpaired) electrons. The Morgan fingerprint density at radius 1 is 1.00 bits per heavy atom. The first-order valence-corrected chi connectivity index (χ1v) is 9.54. The van der Waals surface area contributed by atoms with Gasteiger partial charge in [0.25, 0.3) is 11.8 Å². The standard InChI is InChI=1S/C22H22N2O7/c1-30-17-8-7-13(12-18(17)31-2)11-16(22(28)29)23-19(25)9-10-24-20(26)14-5-3-4-6-15(14)21(24)27/h3-8,12,16H,9-11H2,1-2H3,(H,23,25)(H,28,29). The molecule has 2 aromatic rings. The van der Waals surface area contributed by atoms with Crippen LogP contribution in [-0.4, -0.2) is 60.5 Å². The molecule has 2 aromatic carbocycles.